The van der Waals surface area contributed by atoms with Crippen LogP contribution in [0.3, 0.4) is 0 Å². The van der Waals surface area contributed by atoms with Crippen molar-refractivity contribution in [2.45, 2.75) is 32.4 Å². The van der Waals surface area contributed by atoms with Gasteiger partial charge in [-0.05, 0) is 17.5 Å². The summed E-state index contributed by atoms with van der Waals surface area (Å²) < 4.78 is 0. The first kappa shape index (κ1) is 22.9. The third-order valence-corrected chi connectivity index (χ3v) is 6.47. The SMILES string of the molecule is Cl.NC(=O)c1c(NC(=O)CN2C(=O)CCC2=O)sc2c1CCN(Cc1ccccc1)C2. The van der Waals surface area contributed by atoms with E-state index in [-0.39, 0.29) is 43.6 Å². The molecule has 1 aromatic carbocycles. The number of benzene rings is 1. The second kappa shape index (κ2) is 9.59. The van der Waals surface area contributed by atoms with Crippen LogP contribution in [0.2, 0.25) is 0 Å². The molecule has 3 N–H and O–H groups in total. The molecule has 1 aromatic heterocycles. The molecule has 1 saturated heterocycles. The van der Waals surface area contributed by atoms with Gasteiger partial charge in [-0.3, -0.25) is 29.0 Å². The molecule has 4 amide bonds. The van der Waals surface area contributed by atoms with Gasteiger partial charge >= 0.3 is 0 Å². The number of primary amides is 1. The molecule has 10 heteroatoms. The topological polar surface area (TPSA) is 113 Å². The monoisotopic (exact) mass is 462 g/mol. The Labute approximate surface area is 189 Å². The predicted octanol–water partition coefficient (Wildman–Crippen LogP) is 1.91. The van der Waals surface area contributed by atoms with E-state index in [0.717, 1.165) is 28.4 Å². The summed E-state index contributed by atoms with van der Waals surface area (Å²) in [6.07, 6.45) is 0.919. The smallest absolute Gasteiger partial charge is 0.251 e. The lowest BCUT2D eigenvalue weighted by Crippen LogP contribution is -2.37. The first-order valence-electron chi connectivity index (χ1n) is 9.76. The molecule has 0 bridgehead atoms. The van der Waals surface area contributed by atoms with Gasteiger partial charge in [0.1, 0.15) is 11.5 Å². The molecule has 31 heavy (non-hydrogen) atoms. The number of halogens is 1. The van der Waals surface area contributed by atoms with E-state index in [9.17, 15) is 19.2 Å². The second-order valence-electron chi connectivity index (χ2n) is 7.44. The minimum Gasteiger partial charge on any atom is -0.365 e. The summed E-state index contributed by atoms with van der Waals surface area (Å²) in [6, 6.07) is 10.1. The Morgan fingerprint density at radius 2 is 1.74 bits per heavy atom. The van der Waals surface area contributed by atoms with Gasteiger partial charge in [-0.1, -0.05) is 30.3 Å². The van der Waals surface area contributed by atoms with E-state index in [1.807, 2.05) is 18.2 Å². The molecule has 0 aliphatic carbocycles. The fraction of sp³-hybridized carbons (Fsp3) is 0.333. The number of anilines is 1. The predicted molar refractivity (Wildman–Crippen MR) is 119 cm³/mol. The maximum Gasteiger partial charge on any atom is 0.251 e. The highest BCUT2D eigenvalue weighted by molar-refractivity contribution is 7.17. The van der Waals surface area contributed by atoms with Crippen LogP contribution in [0, 0.1) is 0 Å². The molecule has 1 fully saturated rings. The van der Waals surface area contributed by atoms with Crippen LogP contribution in [-0.2, 0) is 33.9 Å². The summed E-state index contributed by atoms with van der Waals surface area (Å²) in [4.78, 5) is 52.3. The molecule has 4 rings (SSSR count). The van der Waals surface area contributed by atoms with E-state index >= 15 is 0 Å². The average molecular weight is 463 g/mol. The van der Waals surface area contributed by atoms with E-state index in [4.69, 9.17) is 5.73 Å². The molecule has 0 unspecified atom stereocenters. The molecule has 2 aromatic rings. The molecule has 0 spiro atoms. The van der Waals surface area contributed by atoms with Crippen molar-refractivity contribution >= 4 is 52.4 Å². The maximum atomic E-state index is 12.4. The van der Waals surface area contributed by atoms with Gasteiger partial charge in [-0.25, -0.2) is 0 Å². The van der Waals surface area contributed by atoms with Gasteiger partial charge in [0.25, 0.3) is 5.91 Å². The summed E-state index contributed by atoms with van der Waals surface area (Å²) >= 11 is 1.33. The quantitative estimate of drug-likeness (QED) is 0.637. The van der Waals surface area contributed by atoms with Gasteiger partial charge in [0.15, 0.2) is 0 Å². The number of nitrogens with one attached hydrogen (secondary N) is 1. The minimum atomic E-state index is -0.590. The summed E-state index contributed by atoms with van der Waals surface area (Å²) in [5, 5.41) is 3.08. The first-order valence-corrected chi connectivity index (χ1v) is 10.6. The highest BCUT2D eigenvalue weighted by Crippen LogP contribution is 2.37. The van der Waals surface area contributed by atoms with Gasteiger partial charge in [-0.15, -0.1) is 23.7 Å². The number of amides is 4. The van der Waals surface area contributed by atoms with Crippen LogP contribution in [-0.4, -0.2) is 46.5 Å². The van der Waals surface area contributed by atoms with Gasteiger partial charge in [0, 0.05) is 37.4 Å². The van der Waals surface area contributed by atoms with E-state index in [1.165, 1.54) is 16.9 Å². The second-order valence-corrected chi connectivity index (χ2v) is 8.55. The lowest BCUT2D eigenvalue weighted by atomic mass is 10.0. The Balaban J connectivity index is 0.00000272. The number of hydrogen-bond acceptors (Lipinski definition) is 6. The zero-order chi connectivity index (χ0) is 21.3. The maximum absolute atomic E-state index is 12.4. The number of nitrogens with zero attached hydrogens (tertiary/aromatic N) is 2. The van der Waals surface area contributed by atoms with Crippen molar-refractivity contribution in [1.82, 2.24) is 9.80 Å². The molecule has 2 aliphatic heterocycles. The molecule has 8 nitrogen and oxygen atoms in total. The number of nitrogens with two attached hydrogens (primary N) is 1. The summed E-state index contributed by atoms with van der Waals surface area (Å²) in [6.45, 7) is 1.89. The Bertz CT molecular complexity index is 1010. The fourth-order valence-electron chi connectivity index (χ4n) is 3.89. The molecule has 0 saturated carbocycles. The van der Waals surface area contributed by atoms with Crippen molar-refractivity contribution in [3.05, 3.63) is 51.9 Å². The number of fused-ring (bicyclic) bond motifs is 1. The number of imide groups is 1. The van der Waals surface area contributed by atoms with Crippen molar-refractivity contribution in [2.24, 2.45) is 5.73 Å². The number of likely N-dealkylation sites (tertiary alicyclic amines) is 1. The highest BCUT2D eigenvalue weighted by Gasteiger charge is 2.32. The fourth-order valence-corrected chi connectivity index (χ4v) is 5.20. The molecule has 0 atom stereocenters. The Morgan fingerprint density at radius 1 is 1.06 bits per heavy atom. The molecular weight excluding hydrogens is 440 g/mol. The van der Waals surface area contributed by atoms with E-state index in [0.29, 0.717) is 23.5 Å². The lowest BCUT2D eigenvalue weighted by Gasteiger charge is -2.27. The van der Waals surface area contributed by atoms with Crippen molar-refractivity contribution in [1.29, 1.82) is 0 Å². The van der Waals surface area contributed by atoms with Gasteiger partial charge in [0.2, 0.25) is 17.7 Å². The number of thiophene rings is 1. The van der Waals surface area contributed by atoms with Crippen LogP contribution >= 0.6 is 23.7 Å². The lowest BCUT2D eigenvalue weighted by molar-refractivity contribution is -0.141. The highest BCUT2D eigenvalue weighted by atomic mass is 35.5. The van der Waals surface area contributed by atoms with Crippen LogP contribution in [0.15, 0.2) is 30.3 Å². The summed E-state index contributed by atoms with van der Waals surface area (Å²) in [7, 11) is 0. The van der Waals surface area contributed by atoms with Crippen LogP contribution in [0.1, 0.15) is 39.2 Å². The van der Waals surface area contributed by atoms with Crippen molar-refractivity contribution < 1.29 is 19.2 Å². The molecular formula is C21H23ClN4O4S. The standard InChI is InChI=1S/C21H22N4O4S.ClH/c22-20(29)19-14-8-9-24(10-13-4-2-1-3-5-13)11-15(14)30-21(19)23-16(26)12-25-17(27)6-7-18(25)28;/h1-5H,6-12H2,(H2,22,29)(H,23,26);1H. The largest absolute Gasteiger partial charge is 0.365 e. The van der Waals surface area contributed by atoms with Gasteiger partial charge in [0.05, 0.1) is 5.56 Å². The van der Waals surface area contributed by atoms with E-state index < -0.39 is 11.8 Å². The number of carbonyl (C=O) groups is 4. The average Bonchev–Trinajstić information content (AvgIpc) is 3.22. The normalized spacial score (nSPS) is 16.1. The van der Waals surface area contributed by atoms with Gasteiger partial charge < -0.3 is 11.1 Å². The van der Waals surface area contributed by atoms with Crippen LogP contribution in [0.25, 0.3) is 0 Å². The Hall–Kier alpha value is -2.75. The van der Waals surface area contributed by atoms with Gasteiger partial charge in [-0.2, -0.15) is 0 Å². The van der Waals surface area contributed by atoms with Crippen LogP contribution in [0.4, 0.5) is 5.00 Å². The third kappa shape index (κ3) is 4.95. The molecule has 0 radical (unpaired) electrons. The van der Waals surface area contributed by atoms with Crippen LogP contribution in [0.5, 0.6) is 0 Å². The van der Waals surface area contributed by atoms with Crippen LogP contribution < -0.4 is 11.1 Å². The summed E-state index contributed by atoms with van der Waals surface area (Å²) in [5.74, 6) is -1.81. The molecule has 2 aliphatic rings. The number of carbonyl (C=O) groups excluding carboxylic acids is 4. The zero-order valence-electron chi connectivity index (χ0n) is 16.8. The van der Waals surface area contributed by atoms with Crippen molar-refractivity contribution in [3.63, 3.8) is 0 Å². The minimum absolute atomic E-state index is 0. The Kier molecular flexibility index (Phi) is 7.09. The zero-order valence-corrected chi connectivity index (χ0v) is 18.4. The third-order valence-electron chi connectivity index (χ3n) is 5.34. The molecule has 164 valence electrons. The van der Waals surface area contributed by atoms with E-state index in [2.05, 4.69) is 22.3 Å². The number of rotatable bonds is 6. The molecule has 3 heterocycles. The number of hydrogen-bond donors (Lipinski definition) is 2. The van der Waals surface area contributed by atoms with Crippen molar-refractivity contribution in [2.75, 3.05) is 18.4 Å². The van der Waals surface area contributed by atoms with Crippen molar-refractivity contribution in [3.8, 4) is 0 Å². The first-order chi connectivity index (χ1) is 14.4. The summed E-state index contributed by atoms with van der Waals surface area (Å²) in [5.41, 5.74) is 8.03. The Morgan fingerprint density at radius 3 is 2.39 bits per heavy atom. The van der Waals surface area contributed by atoms with E-state index in [1.54, 1.807) is 0 Å².